The van der Waals surface area contributed by atoms with E-state index in [4.69, 9.17) is 5.11 Å². The minimum absolute atomic E-state index is 0.139. The fraction of sp³-hybridized carbons (Fsp3) is 0.286. The van der Waals surface area contributed by atoms with Crippen LogP contribution < -0.4 is 0 Å². The molecular formula is C14H15F2N3O2. The molecule has 0 spiro atoms. The van der Waals surface area contributed by atoms with Crippen LogP contribution in [0.4, 0.5) is 8.78 Å². The Balaban J connectivity index is 2.17. The SMILES string of the molecule is O=C(c1cnn(-c2ccccc2)c1)N(CCO)CC(F)F. The molecule has 0 saturated carbocycles. The standard InChI is InChI=1S/C14H15F2N3O2/c15-13(16)10-18(6-7-20)14(21)11-8-17-19(9-11)12-4-2-1-3-5-12/h1-5,8-9,13,20H,6-7,10H2. The van der Waals surface area contributed by atoms with Crippen LogP contribution in [0.25, 0.3) is 5.69 Å². The number of benzene rings is 1. The Bertz CT molecular complexity index is 587. The third-order valence-corrected chi connectivity index (χ3v) is 2.87. The van der Waals surface area contributed by atoms with Crippen molar-refractivity contribution in [3.05, 3.63) is 48.3 Å². The van der Waals surface area contributed by atoms with Gasteiger partial charge in [0, 0.05) is 12.7 Å². The lowest BCUT2D eigenvalue weighted by Gasteiger charge is -2.20. The number of aromatic nitrogens is 2. The molecule has 0 fully saturated rings. The third kappa shape index (κ3) is 3.85. The van der Waals surface area contributed by atoms with E-state index in [1.807, 2.05) is 30.3 Å². The largest absolute Gasteiger partial charge is 0.395 e. The molecule has 0 radical (unpaired) electrons. The molecule has 5 nitrogen and oxygen atoms in total. The molecule has 0 aliphatic rings. The van der Waals surface area contributed by atoms with E-state index in [1.165, 1.54) is 17.1 Å². The Morgan fingerprint density at radius 3 is 2.67 bits per heavy atom. The highest BCUT2D eigenvalue weighted by Gasteiger charge is 2.20. The van der Waals surface area contributed by atoms with E-state index < -0.39 is 18.9 Å². The highest BCUT2D eigenvalue weighted by Crippen LogP contribution is 2.11. The molecule has 2 aromatic rings. The molecule has 7 heteroatoms. The van der Waals surface area contributed by atoms with Gasteiger partial charge in [0.2, 0.25) is 0 Å². The van der Waals surface area contributed by atoms with Gasteiger partial charge >= 0.3 is 0 Å². The van der Waals surface area contributed by atoms with Crippen molar-refractivity contribution in [1.29, 1.82) is 0 Å². The first-order valence-corrected chi connectivity index (χ1v) is 6.40. The first kappa shape index (κ1) is 15.1. The Morgan fingerprint density at radius 1 is 1.33 bits per heavy atom. The van der Waals surface area contributed by atoms with Crippen LogP contribution in [0.15, 0.2) is 42.7 Å². The van der Waals surface area contributed by atoms with Gasteiger partial charge in [-0.25, -0.2) is 13.5 Å². The Labute approximate surface area is 120 Å². The first-order valence-electron chi connectivity index (χ1n) is 6.40. The predicted molar refractivity (Wildman–Crippen MR) is 72.6 cm³/mol. The second kappa shape index (κ2) is 6.94. The van der Waals surface area contributed by atoms with Crippen molar-refractivity contribution in [3.63, 3.8) is 0 Å². The van der Waals surface area contributed by atoms with Gasteiger partial charge in [-0.15, -0.1) is 0 Å². The molecule has 112 valence electrons. The molecular weight excluding hydrogens is 280 g/mol. The number of para-hydroxylation sites is 1. The molecule has 1 amide bonds. The van der Waals surface area contributed by atoms with Crippen LogP contribution in [0.5, 0.6) is 0 Å². The number of halogens is 2. The van der Waals surface area contributed by atoms with Gasteiger partial charge in [-0.05, 0) is 12.1 Å². The van der Waals surface area contributed by atoms with Crippen LogP contribution >= 0.6 is 0 Å². The number of carbonyl (C=O) groups excluding carboxylic acids is 1. The quantitative estimate of drug-likeness (QED) is 0.880. The summed E-state index contributed by atoms with van der Waals surface area (Å²) in [4.78, 5) is 13.1. The van der Waals surface area contributed by atoms with Crippen molar-refractivity contribution in [2.75, 3.05) is 19.7 Å². The zero-order valence-corrected chi connectivity index (χ0v) is 11.2. The maximum atomic E-state index is 12.5. The topological polar surface area (TPSA) is 58.4 Å². The molecule has 0 aliphatic heterocycles. The lowest BCUT2D eigenvalue weighted by molar-refractivity contribution is 0.0509. The second-order valence-corrected chi connectivity index (χ2v) is 4.37. The van der Waals surface area contributed by atoms with Gasteiger partial charge in [-0.1, -0.05) is 18.2 Å². The summed E-state index contributed by atoms with van der Waals surface area (Å²) in [5.74, 6) is -0.577. The van der Waals surface area contributed by atoms with Crippen LogP contribution in [-0.4, -0.2) is 51.8 Å². The fourth-order valence-electron chi connectivity index (χ4n) is 1.90. The van der Waals surface area contributed by atoms with E-state index in [0.717, 1.165) is 10.6 Å². The van der Waals surface area contributed by atoms with Crippen LogP contribution in [0.1, 0.15) is 10.4 Å². The monoisotopic (exact) mass is 295 g/mol. The fourth-order valence-corrected chi connectivity index (χ4v) is 1.90. The van der Waals surface area contributed by atoms with Crippen molar-refractivity contribution in [2.45, 2.75) is 6.43 Å². The number of nitrogens with zero attached hydrogens (tertiary/aromatic N) is 3. The second-order valence-electron chi connectivity index (χ2n) is 4.37. The summed E-state index contributed by atoms with van der Waals surface area (Å²) >= 11 is 0. The van der Waals surface area contributed by atoms with Crippen molar-refractivity contribution < 1.29 is 18.7 Å². The summed E-state index contributed by atoms with van der Waals surface area (Å²) in [5, 5.41) is 12.9. The summed E-state index contributed by atoms with van der Waals surface area (Å²) in [6.45, 7) is -1.22. The summed E-state index contributed by atoms with van der Waals surface area (Å²) < 4.78 is 26.4. The van der Waals surface area contributed by atoms with Gasteiger partial charge in [0.15, 0.2) is 0 Å². The number of aliphatic hydroxyl groups is 1. The first-order chi connectivity index (χ1) is 10.1. The van der Waals surface area contributed by atoms with Crippen molar-refractivity contribution >= 4 is 5.91 Å². The molecule has 1 N–H and O–H groups in total. The smallest absolute Gasteiger partial charge is 0.257 e. The van der Waals surface area contributed by atoms with E-state index in [9.17, 15) is 13.6 Å². The molecule has 0 aliphatic carbocycles. The third-order valence-electron chi connectivity index (χ3n) is 2.87. The summed E-state index contributed by atoms with van der Waals surface area (Å²) in [5.41, 5.74) is 0.965. The molecule has 1 aromatic carbocycles. The van der Waals surface area contributed by atoms with Gasteiger partial charge in [0.25, 0.3) is 12.3 Å². The highest BCUT2D eigenvalue weighted by molar-refractivity contribution is 5.93. The molecule has 0 saturated heterocycles. The maximum absolute atomic E-state index is 12.5. The van der Waals surface area contributed by atoms with Gasteiger partial charge < -0.3 is 10.0 Å². The van der Waals surface area contributed by atoms with Crippen molar-refractivity contribution in [1.82, 2.24) is 14.7 Å². The molecule has 2 rings (SSSR count). The zero-order valence-electron chi connectivity index (χ0n) is 11.2. The summed E-state index contributed by atoms with van der Waals surface area (Å²) in [6.07, 6.45) is 0.156. The van der Waals surface area contributed by atoms with E-state index in [2.05, 4.69) is 5.10 Å². The van der Waals surface area contributed by atoms with Crippen molar-refractivity contribution in [2.24, 2.45) is 0 Å². The Morgan fingerprint density at radius 2 is 2.05 bits per heavy atom. The summed E-state index contributed by atoms with van der Waals surface area (Å²) in [6, 6.07) is 9.13. The average Bonchev–Trinajstić information content (AvgIpc) is 2.96. The van der Waals surface area contributed by atoms with Crippen LogP contribution in [0.2, 0.25) is 0 Å². The molecule has 0 unspecified atom stereocenters. The lowest BCUT2D eigenvalue weighted by Crippen LogP contribution is -2.37. The number of carbonyl (C=O) groups is 1. The predicted octanol–water partition coefficient (Wildman–Crippen LogP) is 1.57. The van der Waals surface area contributed by atoms with E-state index >= 15 is 0 Å². The van der Waals surface area contributed by atoms with Gasteiger partial charge in [-0.3, -0.25) is 4.79 Å². The van der Waals surface area contributed by atoms with Crippen LogP contribution in [0, 0.1) is 0 Å². The minimum atomic E-state index is -2.65. The van der Waals surface area contributed by atoms with Gasteiger partial charge in [0.05, 0.1) is 30.6 Å². The number of rotatable bonds is 6. The van der Waals surface area contributed by atoms with E-state index in [-0.39, 0.29) is 18.7 Å². The molecule has 1 heterocycles. The lowest BCUT2D eigenvalue weighted by atomic mass is 10.3. The Kier molecular flexibility index (Phi) is 4.99. The number of amides is 1. The van der Waals surface area contributed by atoms with Gasteiger partial charge in [0.1, 0.15) is 0 Å². The normalized spacial score (nSPS) is 10.9. The van der Waals surface area contributed by atoms with E-state index in [0.29, 0.717) is 0 Å². The van der Waals surface area contributed by atoms with Crippen LogP contribution in [0.3, 0.4) is 0 Å². The van der Waals surface area contributed by atoms with Gasteiger partial charge in [-0.2, -0.15) is 5.10 Å². The van der Waals surface area contributed by atoms with Crippen LogP contribution in [-0.2, 0) is 0 Å². The number of aliphatic hydroxyl groups excluding tert-OH is 1. The number of hydrogen-bond acceptors (Lipinski definition) is 3. The minimum Gasteiger partial charge on any atom is -0.395 e. The highest BCUT2D eigenvalue weighted by atomic mass is 19.3. The number of alkyl halides is 2. The molecule has 21 heavy (non-hydrogen) atoms. The maximum Gasteiger partial charge on any atom is 0.257 e. The molecule has 0 bridgehead atoms. The van der Waals surface area contributed by atoms with Crippen molar-refractivity contribution in [3.8, 4) is 5.69 Å². The zero-order chi connectivity index (χ0) is 15.2. The average molecular weight is 295 g/mol. The Hall–Kier alpha value is -2.28. The molecule has 1 aromatic heterocycles. The molecule has 0 atom stereocenters. The summed E-state index contributed by atoms with van der Waals surface area (Å²) in [7, 11) is 0. The van der Waals surface area contributed by atoms with E-state index in [1.54, 1.807) is 0 Å². The number of hydrogen-bond donors (Lipinski definition) is 1.